The molecule has 0 amide bonds. The van der Waals surface area contributed by atoms with Crippen LogP contribution >= 0.6 is 0 Å². The molecule has 1 unspecified atom stereocenters. The van der Waals surface area contributed by atoms with E-state index in [0.29, 0.717) is 0 Å². The summed E-state index contributed by atoms with van der Waals surface area (Å²) in [5, 5.41) is 0. The third-order valence-corrected chi connectivity index (χ3v) is 4.10. The number of hydrogen-bond donors (Lipinski definition) is 1. The Kier molecular flexibility index (Phi) is 5.21. The quantitative estimate of drug-likeness (QED) is 0.885. The first-order valence-electron chi connectivity index (χ1n) is 7.27. The van der Waals surface area contributed by atoms with E-state index in [2.05, 4.69) is 36.2 Å². The maximum atomic E-state index is 5.64. The van der Waals surface area contributed by atoms with Gasteiger partial charge in [0, 0.05) is 0 Å². The molecule has 1 saturated heterocycles. The van der Waals surface area contributed by atoms with Crippen LogP contribution in [0.3, 0.4) is 0 Å². The summed E-state index contributed by atoms with van der Waals surface area (Å²) in [6.45, 7) is 3.28. The molecule has 1 aromatic carbocycles. The van der Waals surface area contributed by atoms with Crippen molar-refractivity contribution in [3.05, 3.63) is 35.4 Å². The van der Waals surface area contributed by atoms with Crippen molar-refractivity contribution < 1.29 is 0 Å². The molecule has 0 spiro atoms. The highest BCUT2D eigenvalue weighted by Crippen LogP contribution is 2.30. The monoisotopic (exact) mass is 246 g/mol. The number of nitrogens with zero attached hydrogens (tertiary/aromatic N) is 1. The summed E-state index contributed by atoms with van der Waals surface area (Å²) in [5.74, 6) is 0.754. The summed E-state index contributed by atoms with van der Waals surface area (Å²) < 4.78 is 0. The van der Waals surface area contributed by atoms with Crippen molar-refractivity contribution in [2.24, 2.45) is 5.73 Å². The molecule has 0 aromatic heterocycles. The summed E-state index contributed by atoms with van der Waals surface area (Å²) in [4.78, 5) is 2.46. The minimum atomic E-state index is 0.754. The van der Waals surface area contributed by atoms with Crippen LogP contribution in [0.15, 0.2) is 24.3 Å². The average Bonchev–Trinajstić information content (AvgIpc) is 2.61. The molecule has 0 saturated carbocycles. The van der Waals surface area contributed by atoms with Crippen molar-refractivity contribution in [1.82, 2.24) is 4.90 Å². The largest absolute Gasteiger partial charge is 0.330 e. The third kappa shape index (κ3) is 3.56. The van der Waals surface area contributed by atoms with Crippen LogP contribution in [-0.4, -0.2) is 31.6 Å². The number of aryl methyl sites for hydroxylation is 1. The molecule has 1 aliphatic heterocycles. The van der Waals surface area contributed by atoms with Gasteiger partial charge in [-0.1, -0.05) is 24.3 Å². The van der Waals surface area contributed by atoms with E-state index in [1.807, 2.05) is 0 Å². The molecular weight excluding hydrogens is 220 g/mol. The van der Waals surface area contributed by atoms with Crippen molar-refractivity contribution in [2.45, 2.75) is 38.0 Å². The standard InChI is InChI=1S/C16H26N2/c1-18-12-5-8-15(10-13-18)16-9-3-2-6-14(16)7-4-11-17/h2-3,6,9,15H,4-5,7-8,10-13,17H2,1H3. The minimum Gasteiger partial charge on any atom is -0.330 e. The lowest BCUT2D eigenvalue weighted by molar-refractivity contribution is 0.347. The lowest BCUT2D eigenvalue weighted by Crippen LogP contribution is -2.18. The summed E-state index contributed by atoms with van der Waals surface area (Å²) in [6.07, 6.45) is 6.20. The van der Waals surface area contributed by atoms with E-state index in [9.17, 15) is 0 Å². The second kappa shape index (κ2) is 6.91. The van der Waals surface area contributed by atoms with Gasteiger partial charge in [0.25, 0.3) is 0 Å². The Bertz CT molecular complexity index is 362. The van der Waals surface area contributed by atoms with Gasteiger partial charge < -0.3 is 10.6 Å². The Morgan fingerprint density at radius 3 is 2.89 bits per heavy atom. The second-order valence-electron chi connectivity index (χ2n) is 5.52. The average molecular weight is 246 g/mol. The van der Waals surface area contributed by atoms with Gasteiger partial charge >= 0.3 is 0 Å². The van der Waals surface area contributed by atoms with Gasteiger partial charge in [-0.2, -0.15) is 0 Å². The molecule has 2 rings (SSSR count). The fraction of sp³-hybridized carbons (Fsp3) is 0.625. The molecule has 0 radical (unpaired) electrons. The Morgan fingerprint density at radius 2 is 2.06 bits per heavy atom. The number of likely N-dealkylation sites (tertiary alicyclic amines) is 1. The van der Waals surface area contributed by atoms with Crippen LogP contribution in [0.4, 0.5) is 0 Å². The van der Waals surface area contributed by atoms with Gasteiger partial charge in [0.2, 0.25) is 0 Å². The highest BCUT2D eigenvalue weighted by atomic mass is 15.1. The van der Waals surface area contributed by atoms with Crippen LogP contribution < -0.4 is 5.73 Å². The van der Waals surface area contributed by atoms with Crippen LogP contribution in [0.25, 0.3) is 0 Å². The predicted molar refractivity (Wildman–Crippen MR) is 77.9 cm³/mol. The molecule has 100 valence electrons. The van der Waals surface area contributed by atoms with Gasteiger partial charge in [0.15, 0.2) is 0 Å². The fourth-order valence-electron chi connectivity index (χ4n) is 3.00. The van der Waals surface area contributed by atoms with Crippen LogP contribution in [0.2, 0.25) is 0 Å². The molecule has 18 heavy (non-hydrogen) atoms. The van der Waals surface area contributed by atoms with E-state index < -0.39 is 0 Å². The highest BCUT2D eigenvalue weighted by Gasteiger charge is 2.18. The number of nitrogens with two attached hydrogens (primary N) is 1. The smallest absolute Gasteiger partial charge is 0.00160 e. The van der Waals surface area contributed by atoms with E-state index in [4.69, 9.17) is 5.73 Å². The maximum absolute atomic E-state index is 5.64. The van der Waals surface area contributed by atoms with Crippen molar-refractivity contribution in [3.8, 4) is 0 Å². The van der Waals surface area contributed by atoms with Crippen molar-refractivity contribution in [3.63, 3.8) is 0 Å². The van der Waals surface area contributed by atoms with Gasteiger partial charge in [-0.05, 0) is 75.8 Å². The Hall–Kier alpha value is -0.860. The van der Waals surface area contributed by atoms with Gasteiger partial charge in [0.1, 0.15) is 0 Å². The summed E-state index contributed by atoms with van der Waals surface area (Å²) in [7, 11) is 2.24. The molecule has 0 aliphatic carbocycles. The van der Waals surface area contributed by atoms with Gasteiger partial charge in [-0.25, -0.2) is 0 Å². The van der Waals surface area contributed by atoms with Crippen LogP contribution in [0, 0.1) is 0 Å². The maximum Gasteiger partial charge on any atom is -0.00160 e. The van der Waals surface area contributed by atoms with E-state index in [0.717, 1.165) is 25.3 Å². The molecular formula is C16H26N2. The highest BCUT2D eigenvalue weighted by molar-refractivity contribution is 5.30. The predicted octanol–water partition coefficient (Wildman–Crippen LogP) is 2.78. The summed E-state index contributed by atoms with van der Waals surface area (Å²) >= 11 is 0. The van der Waals surface area contributed by atoms with Crippen molar-refractivity contribution in [2.75, 3.05) is 26.7 Å². The topological polar surface area (TPSA) is 29.3 Å². The van der Waals surface area contributed by atoms with Crippen LogP contribution in [0.5, 0.6) is 0 Å². The van der Waals surface area contributed by atoms with Crippen LogP contribution in [-0.2, 0) is 6.42 Å². The molecule has 1 atom stereocenters. The van der Waals surface area contributed by atoms with Crippen molar-refractivity contribution in [1.29, 1.82) is 0 Å². The lowest BCUT2D eigenvalue weighted by atomic mass is 9.87. The molecule has 2 nitrogen and oxygen atoms in total. The lowest BCUT2D eigenvalue weighted by Gasteiger charge is -2.19. The zero-order valence-electron chi connectivity index (χ0n) is 11.6. The third-order valence-electron chi connectivity index (χ3n) is 4.10. The Morgan fingerprint density at radius 1 is 1.22 bits per heavy atom. The molecule has 0 bridgehead atoms. The molecule has 1 heterocycles. The number of rotatable bonds is 4. The minimum absolute atomic E-state index is 0.754. The molecule has 2 N–H and O–H groups in total. The summed E-state index contributed by atoms with van der Waals surface area (Å²) in [5.41, 5.74) is 8.75. The Labute approximate surface area is 111 Å². The molecule has 2 heteroatoms. The van der Waals surface area contributed by atoms with Gasteiger partial charge in [0.05, 0.1) is 0 Å². The van der Waals surface area contributed by atoms with Gasteiger partial charge in [-0.15, -0.1) is 0 Å². The van der Waals surface area contributed by atoms with E-state index in [1.165, 1.54) is 37.9 Å². The first kappa shape index (κ1) is 13.6. The summed E-state index contributed by atoms with van der Waals surface area (Å²) in [6, 6.07) is 8.98. The molecule has 1 fully saturated rings. The number of benzene rings is 1. The van der Waals surface area contributed by atoms with E-state index in [-0.39, 0.29) is 0 Å². The van der Waals surface area contributed by atoms with E-state index >= 15 is 0 Å². The normalized spacial score (nSPS) is 21.8. The second-order valence-corrected chi connectivity index (χ2v) is 5.52. The fourth-order valence-corrected chi connectivity index (χ4v) is 3.00. The molecule has 1 aliphatic rings. The first-order chi connectivity index (χ1) is 8.81. The van der Waals surface area contributed by atoms with Crippen molar-refractivity contribution >= 4 is 0 Å². The van der Waals surface area contributed by atoms with E-state index in [1.54, 1.807) is 5.56 Å². The molecule has 1 aromatic rings. The first-order valence-corrected chi connectivity index (χ1v) is 7.27. The zero-order valence-corrected chi connectivity index (χ0v) is 11.6. The van der Waals surface area contributed by atoms with Gasteiger partial charge in [-0.3, -0.25) is 0 Å². The Balaban J connectivity index is 2.10. The SMILES string of the molecule is CN1CCCC(c2ccccc2CCCN)CC1. The van der Waals surface area contributed by atoms with Crippen LogP contribution in [0.1, 0.15) is 42.7 Å². The zero-order chi connectivity index (χ0) is 12.8. The number of hydrogen-bond acceptors (Lipinski definition) is 2.